The molecule has 0 unspecified atom stereocenters. The number of nitrogens with zero attached hydrogens (tertiary/aromatic N) is 2. The van der Waals surface area contributed by atoms with Crippen LogP contribution >= 0.6 is 0 Å². The summed E-state index contributed by atoms with van der Waals surface area (Å²) in [6.07, 6.45) is 6.08. The lowest BCUT2D eigenvalue weighted by Gasteiger charge is -2.17. The van der Waals surface area contributed by atoms with Gasteiger partial charge in [-0.2, -0.15) is 0 Å². The van der Waals surface area contributed by atoms with Gasteiger partial charge in [0, 0.05) is 12.1 Å². The smallest absolute Gasteiger partial charge is 0.143 e. The summed E-state index contributed by atoms with van der Waals surface area (Å²) in [6, 6.07) is 6.14. The third-order valence-electron chi connectivity index (χ3n) is 3.73. The minimum atomic E-state index is 0.355. The first-order valence-corrected chi connectivity index (χ1v) is 6.81. The van der Waals surface area contributed by atoms with E-state index in [0.29, 0.717) is 6.04 Å². The van der Waals surface area contributed by atoms with Crippen LogP contribution in [0.4, 0.5) is 0 Å². The van der Waals surface area contributed by atoms with Gasteiger partial charge in [-0.05, 0) is 31.5 Å². The van der Waals surface area contributed by atoms with Crippen molar-refractivity contribution < 1.29 is 9.47 Å². The molecule has 5 heteroatoms. The molecule has 1 aromatic carbocycles. The number of hydrogen-bond donors (Lipinski definition) is 1. The number of rotatable bonds is 4. The Bertz CT molecular complexity index is 589. The van der Waals surface area contributed by atoms with E-state index >= 15 is 0 Å². The van der Waals surface area contributed by atoms with Crippen molar-refractivity contribution in [3.8, 4) is 17.2 Å². The number of aromatic nitrogens is 2. The Morgan fingerprint density at radius 3 is 2.90 bits per heavy atom. The number of nitrogens with one attached hydrogen (secondary N) is 1. The lowest BCUT2D eigenvalue weighted by Crippen LogP contribution is -2.16. The molecular formula is C15H19N3O2. The van der Waals surface area contributed by atoms with Crippen molar-refractivity contribution in [3.05, 3.63) is 36.4 Å². The van der Waals surface area contributed by atoms with Crippen LogP contribution in [0.15, 0.2) is 30.7 Å². The highest BCUT2D eigenvalue weighted by Gasteiger charge is 2.21. The van der Waals surface area contributed by atoms with Crippen LogP contribution in [0.5, 0.6) is 11.5 Å². The van der Waals surface area contributed by atoms with Crippen LogP contribution in [0.1, 0.15) is 24.6 Å². The molecular weight excluding hydrogens is 254 g/mol. The highest BCUT2D eigenvalue weighted by molar-refractivity contribution is 5.52. The highest BCUT2D eigenvalue weighted by Crippen LogP contribution is 2.31. The molecule has 2 aromatic rings. The fourth-order valence-corrected chi connectivity index (χ4v) is 2.69. The van der Waals surface area contributed by atoms with Gasteiger partial charge in [0.1, 0.15) is 11.5 Å². The van der Waals surface area contributed by atoms with Crippen molar-refractivity contribution in [2.45, 2.75) is 18.9 Å². The summed E-state index contributed by atoms with van der Waals surface area (Å²) >= 11 is 0. The molecule has 0 amide bonds. The molecule has 1 saturated heterocycles. The van der Waals surface area contributed by atoms with Crippen LogP contribution in [0.25, 0.3) is 5.69 Å². The SMILES string of the molecule is COc1ccc(OC)c(-n2cncc2[C@@H]2CCCN2)c1. The molecule has 0 spiro atoms. The van der Waals surface area contributed by atoms with Gasteiger partial charge in [-0.3, -0.25) is 4.57 Å². The molecule has 106 valence electrons. The number of ether oxygens (including phenoxy) is 2. The third-order valence-corrected chi connectivity index (χ3v) is 3.73. The molecule has 2 heterocycles. The molecule has 1 fully saturated rings. The molecule has 3 rings (SSSR count). The largest absolute Gasteiger partial charge is 0.497 e. The maximum absolute atomic E-state index is 5.46. The average molecular weight is 273 g/mol. The summed E-state index contributed by atoms with van der Waals surface area (Å²) in [5, 5.41) is 3.50. The Morgan fingerprint density at radius 2 is 2.20 bits per heavy atom. The Balaban J connectivity index is 2.06. The van der Waals surface area contributed by atoms with Gasteiger partial charge in [0.05, 0.1) is 38.1 Å². The topological polar surface area (TPSA) is 48.3 Å². The van der Waals surface area contributed by atoms with E-state index in [9.17, 15) is 0 Å². The predicted octanol–water partition coefficient (Wildman–Crippen LogP) is 2.31. The molecule has 0 aliphatic carbocycles. The summed E-state index contributed by atoms with van der Waals surface area (Å²) in [5.74, 6) is 1.61. The normalized spacial score (nSPS) is 18.2. The lowest BCUT2D eigenvalue weighted by molar-refractivity contribution is 0.401. The molecule has 20 heavy (non-hydrogen) atoms. The van der Waals surface area contributed by atoms with Crippen LogP contribution < -0.4 is 14.8 Å². The Labute approximate surface area is 118 Å². The Hall–Kier alpha value is -2.01. The summed E-state index contributed by atoms with van der Waals surface area (Å²) in [7, 11) is 3.34. The van der Waals surface area contributed by atoms with Crippen LogP contribution in [-0.2, 0) is 0 Å². The molecule has 0 bridgehead atoms. The zero-order valence-corrected chi connectivity index (χ0v) is 11.8. The second-order valence-corrected chi connectivity index (χ2v) is 4.88. The van der Waals surface area contributed by atoms with E-state index in [1.165, 1.54) is 6.42 Å². The minimum Gasteiger partial charge on any atom is -0.497 e. The minimum absolute atomic E-state index is 0.355. The molecule has 5 nitrogen and oxygen atoms in total. The average Bonchev–Trinajstić information content (AvgIpc) is 3.16. The van der Waals surface area contributed by atoms with Crippen LogP contribution in [0.3, 0.4) is 0 Å². The summed E-state index contributed by atoms with van der Waals surface area (Å²) in [4.78, 5) is 4.30. The summed E-state index contributed by atoms with van der Waals surface area (Å²) in [5.41, 5.74) is 2.11. The molecule has 1 aliphatic heterocycles. The van der Waals surface area contributed by atoms with Crippen molar-refractivity contribution in [1.29, 1.82) is 0 Å². The van der Waals surface area contributed by atoms with Crippen molar-refractivity contribution in [2.24, 2.45) is 0 Å². The van der Waals surface area contributed by atoms with Crippen molar-refractivity contribution in [1.82, 2.24) is 14.9 Å². The third kappa shape index (κ3) is 2.25. The molecule has 1 aromatic heterocycles. The Morgan fingerprint density at radius 1 is 1.30 bits per heavy atom. The number of methoxy groups -OCH3 is 2. The van der Waals surface area contributed by atoms with Gasteiger partial charge in [0.15, 0.2) is 0 Å². The molecule has 0 radical (unpaired) electrons. The van der Waals surface area contributed by atoms with Gasteiger partial charge in [0.25, 0.3) is 0 Å². The van der Waals surface area contributed by atoms with Gasteiger partial charge in [-0.25, -0.2) is 4.98 Å². The number of imidazole rings is 1. The monoisotopic (exact) mass is 273 g/mol. The zero-order chi connectivity index (χ0) is 13.9. The first kappa shape index (κ1) is 13.0. The van der Waals surface area contributed by atoms with E-state index in [4.69, 9.17) is 9.47 Å². The van der Waals surface area contributed by atoms with E-state index < -0.39 is 0 Å². The van der Waals surface area contributed by atoms with E-state index in [1.807, 2.05) is 30.7 Å². The van der Waals surface area contributed by atoms with Crippen molar-refractivity contribution in [2.75, 3.05) is 20.8 Å². The van der Waals surface area contributed by atoms with E-state index in [1.54, 1.807) is 14.2 Å². The first-order valence-electron chi connectivity index (χ1n) is 6.81. The van der Waals surface area contributed by atoms with Crippen LogP contribution in [0, 0.1) is 0 Å². The molecule has 1 aliphatic rings. The Kier molecular flexibility index (Phi) is 3.60. The zero-order valence-electron chi connectivity index (χ0n) is 11.8. The van der Waals surface area contributed by atoms with Crippen molar-refractivity contribution >= 4 is 0 Å². The van der Waals surface area contributed by atoms with E-state index in [2.05, 4.69) is 14.9 Å². The summed E-state index contributed by atoms with van der Waals surface area (Å²) in [6.45, 7) is 1.06. The molecule has 1 N–H and O–H groups in total. The fourth-order valence-electron chi connectivity index (χ4n) is 2.69. The predicted molar refractivity (Wildman–Crippen MR) is 76.6 cm³/mol. The number of hydrogen-bond acceptors (Lipinski definition) is 4. The quantitative estimate of drug-likeness (QED) is 0.928. The number of benzene rings is 1. The van der Waals surface area contributed by atoms with Gasteiger partial charge >= 0.3 is 0 Å². The second-order valence-electron chi connectivity index (χ2n) is 4.88. The van der Waals surface area contributed by atoms with Crippen LogP contribution in [-0.4, -0.2) is 30.3 Å². The fraction of sp³-hybridized carbons (Fsp3) is 0.400. The maximum Gasteiger partial charge on any atom is 0.143 e. The molecule has 1 atom stereocenters. The highest BCUT2D eigenvalue weighted by atomic mass is 16.5. The maximum atomic E-state index is 5.46. The van der Waals surface area contributed by atoms with Gasteiger partial charge in [0.2, 0.25) is 0 Å². The lowest BCUT2D eigenvalue weighted by atomic mass is 10.1. The van der Waals surface area contributed by atoms with E-state index in [0.717, 1.165) is 35.8 Å². The first-order chi connectivity index (χ1) is 9.83. The van der Waals surface area contributed by atoms with Crippen LogP contribution in [0.2, 0.25) is 0 Å². The van der Waals surface area contributed by atoms with Crippen molar-refractivity contribution in [3.63, 3.8) is 0 Å². The standard InChI is InChI=1S/C15H19N3O2/c1-19-11-5-6-15(20-2)13(8-11)18-10-16-9-14(18)12-4-3-7-17-12/h5-6,8-10,12,17H,3-4,7H2,1-2H3/t12-/m0/s1. The van der Waals surface area contributed by atoms with E-state index in [-0.39, 0.29) is 0 Å². The van der Waals surface area contributed by atoms with Gasteiger partial charge in [-0.15, -0.1) is 0 Å². The second kappa shape index (κ2) is 5.54. The van der Waals surface area contributed by atoms with Gasteiger partial charge in [-0.1, -0.05) is 0 Å². The summed E-state index contributed by atoms with van der Waals surface area (Å²) < 4.78 is 12.8. The van der Waals surface area contributed by atoms with Gasteiger partial charge < -0.3 is 14.8 Å². The molecule has 0 saturated carbocycles.